The number of rotatable bonds is 3. The molecule has 3 aromatic rings. The highest BCUT2D eigenvalue weighted by molar-refractivity contribution is 6.51. The molecule has 2 unspecified atom stereocenters. The molecule has 2 aromatic carbocycles. The molecule has 34 heavy (non-hydrogen) atoms. The van der Waals surface area contributed by atoms with Gasteiger partial charge in [-0.1, -0.05) is 32.9 Å². The molecular formula is C28H27NO5. The molecule has 3 heterocycles. The number of ketones is 1. The van der Waals surface area contributed by atoms with Crippen LogP contribution in [-0.4, -0.2) is 22.9 Å². The van der Waals surface area contributed by atoms with Gasteiger partial charge < -0.3 is 14.3 Å². The largest absolute Gasteiger partial charge is 0.507 e. The maximum atomic E-state index is 13.2. The van der Waals surface area contributed by atoms with Crippen molar-refractivity contribution in [2.24, 2.45) is 0 Å². The third-order valence-corrected chi connectivity index (χ3v) is 6.44. The second-order valence-corrected chi connectivity index (χ2v) is 9.94. The van der Waals surface area contributed by atoms with Gasteiger partial charge in [0.1, 0.15) is 29.4 Å². The molecule has 0 spiro atoms. The molecule has 0 saturated carbocycles. The topological polar surface area (TPSA) is 80.0 Å². The van der Waals surface area contributed by atoms with Crippen molar-refractivity contribution in [3.05, 3.63) is 88.9 Å². The van der Waals surface area contributed by atoms with Crippen molar-refractivity contribution in [1.29, 1.82) is 0 Å². The number of nitrogens with zero attached hydrogens (tertiary/aromatic N) is 1. The monoisotopic (exact) mass is 457 g/mol. The number of aliphatic hydroxyl groups excluding tert-OH is 1. The first-order valence-electron chi connectivity index (χ1n) is 11.4. The minimum Gasteiger partial charge on any atom is -0.507 e. The van der Waals surface area contributed by atoms with Crippen LogP contribution < -0.4 is 9.64 Å². The highest BCUT2D eigenvalue weighted by Gasteiger charge is 2.48. The molecular weight excluding hydrogens is 430 g/mol. The zero-order valence-corrected chi connectivity index (χ0v) is 19.7. The zero-order valence-electron chi connectivity index (χ0n) is 19.7. The number of Topliss-reactive ketones (excluding diaryl/α,β-unsaturated/α-hetero) is 1. The number of ether oxygens (including phenoxy) is 1. The molecule has 2 aliphatic heterocycles. The molecule has 1 N–H and O–H groups in total. The summed E-state index contributed by atoms with van der Waals surface area (Å²) in [6, 6.07) is 15.4. The number of anilines is 1. The van der Waals surface area contributed by atoms with Crippen LogP contribution in [0.25, 0.3) is 5.76 Å². The van der Waals surface area contributed by atoms with E-state index in [2.05, 4.69) is 20.8 Å². The summed E-state index contributed by atoms with van der Waals surface area (Å²) in [5.74, 6) is -0.505. The summed E-state index contributed by atoms with van der Waals surface area (Å²) in [6.07, 6.45) is 2.26. The van der Waals surface area contributed by atoms with Crippen LogP contribution in [0.5, 0.6) is 5.75 Å². The van der Waals surface area contributed by atoms with Gasteiger partial charge in [0, 0.05) is 17.7 Å². The van der Waals surface area contributed by atoms with Crippen LogP contribution in [0.1, 0.15) is 56.2 Å². The molecule has 1 aromatic heterocycles. The Bertz CT molecular complexity index is 1300. The van der Waals surface area contributed by atoms with Gasteiger partial charge in [0.05, 0.1) is 11.8 Å². The number of furan rings is 1. The maximum absolute atomic E-state index is 13.2. The van der Waals surface area contributed by atoms with E-state index in [4.69, 9.17) is 9.15 Å². The minimum absolute atomic E-state index is 0.00626. The lowest BCUT2D eigenvalue weighted by Gasteiger charge is -2.25. The highest BCUT2D eigenvalue weighted by atomic mass is 16.5. The molecule has 0 bridgehead atoms. The number of hydrogen-bond donors (Lipinski definition) is 1. The number of aliphatic hydroxyl groups is 1. The second-order valence-electron chi connectivity index (χ2n) is 9.94. The summed E-state index contributed by atoms with van der Waals surface area (Å²) >= 11 is 0. The first kappa shape index (κ1) is 22.0. The van der Waals surface area contributed by atoms with E-state index in [-0.39, 0.29) is 22.9 Å². The number of benzene rings is 2. The van der Waals surface area contributed by atoms with Crippen LogP contribution in [-0.2, 0) is 21.4 Å². The van der Waals surface area contributed by atoms with E-state index in [1.807, 2.05) is 37.3 Å². The molecule has 0 radical (unpaired) electrons. The number of carbonyl (C=O) groups excluding carboxylic acids is 2. The van der Waals surface area contributed by atoms with E-state index in [1.165, 1.54) is 11.2 Å². The first-order valence-corrected chi connectivity index (χ1v) is 11.4. The average Bonchev–Trinajstić information content (AvgIpc) is 3.50. The van der Waals surface area contributed by atoms with E-state index in [1.54, 1.807) is 24.3 Å². The summed E-state index contributed by atoms with van der Waals surface area (Å²) in [5, 5.41) is 11.3. The Labute approximate surface area is 198 Å². The van der Waals surface area contributed by atoms with Crippen LogP contribution in [0.4, 0.5) is 5.69 Å². The Kier molecular flexibility index (Phi) is 5.12. The predicted molar refractivity (Wildman–Crippen MR) is 129 cm³/mol. The van der Waals surface area contributed by atoms with Gasteiger partial charge in [-0.3, -0.25) is 14.5 Å². The van der Waals surface area contributed by atoms with Gasteiger partial charge in [-0.15, -0.1) is 0 Å². The van der Waals surface area contributed by atoms with E-state index < -0.39 is 17.7 Å². The molecule has 1 amide bonds. The molecule has 6 nitrogen and oxygen atoms in total. The van der Waals surface area contributed by atoms with Crippen LogP contribution in [0.2, 0.25) is 0 Å². The lowest BCUT2D eigenvalue weighted by atomic mass is 9.87. The van der Waals surface area contributed by atoms with Crippen LogP contribution in [0, 0.1) is 0 Å². The fraction of sp³-hybridized carbons (Fsp3) is 0.286. The normalized spacial score (nSPS) is 21.6. The molecule has 5 rings (SSSR count). The fourth-order valence-electron chi connectivity index (χ4n) is 4.66. The van der Waals surface area contributed by atoms with Gasteiger partial charge in [-0.2, -0.15) is 0 Å². The molecule has 1 fully saturated rings. The van der Waals surface area contributed by atoms with Crippen LogP contribution in [0.15, 0.2) is 70.9 Å². The number of amides is 1. The summed E-state index contributed by atoms with van der Waals surface area (Å²) in [5.41, 5.74) is 3.05. The van der Waals surface area contributed by atoms with E-state index in [9.17, 15) is 14.7 Å². The van der Waals surface area contributed by atoms with Gasteiger partial charge in [0.25, 0.3) is 11.7 Å². The molecule has 0 aliphatic carbocycles. The third kappa shape index (κ3) is 3.59. The Morgan fingerprint density at radius 3 is 2.44 bits per heavy atom. The zero-order chi connectivity index (χ0) is 24.2. The van der Waals surface area contributed by atoms with Gasteiger partial charge in [0.2, 0.25) is 0 Å². The maximum Gasteiger partial charge on any atom is 0.300 e. The van der Waals surface area contributed by atoms with Gasteiger partial charge in [0.15, 0.2) is 0 Å². The van der Waals surface area contributed by atoms with E-state index in [0.717, 1.165) is 16.9 Å². The molecule has 1 saturated heterocycles. The van der Waals surface area contributed by atoms with Gasteiger partial charge in [-0.25, -0.2) is 0 Å². The first-order chi connectivity index (χ1) is 16.1. The SMILES string of the molecule is CC1Cc2cc(/C(O)=C3/C(=O)C(=O)N(c4ccc(C(C)(C)C)cc4)C3c3ccco3)ccc2O1. The molecule has 2 atom stereocenters. The third-order valence-electron chi connectivity index (χ3n) is 6.44. The van der Waals surface area contributed by atoms with Crippen molar-refractivity contribution in [2.75, 3.05) is 4.90 Å². The van der Waals surface area contributed by atoms with Gasteiger partial charge in [-0.05, 0) is 65.9 Å². The highest BCUT2D eigenvalue weighted by Crippen LogP contribution is 2.43. The smallest absolute Gasteiger partial charge is 0.300 e. The molecule has 174 valence electrons. The summed E-state index contributed by atoms with van der Waals surface area (Å²) < 4.78 is 11.4. The summed E-state index contributed by atoms with van der Waals surface area (Å²) in [6.45, 7) is 8.31. The van der Waals surface area contributed by atoms with E-state index in [0.29, 0.717) is 23.4 Å². The van der Waals surface area contributed by atoms with Crippen molar-refractivity contribution in [3.63, 3.8) is 0 Å². The Balaban J connectivity index is 1.63. The number of carbonyl (C=O) groups is 2. The molecule has 2 aliphatic rings. The van der Waals surface area contributed by atoms with Crippen molar-refractivity contribution >= 4 is 23.1 Å². The Morgan fingerprint density at radius 2 is 1.79 bits per heavy atom. The van der Waals surface area contributed by atoms with Crippen molar-refractivity contribution in [1.82, 2.24) is 0 Å². The summed E-state index contributed by atoms with van der Waals surface area (Å²) in [7, 11) is 0. The Morgan fingerprint density at radius 1 is 1.06 bits per heavy atom. The van der Waals surface area contributed by atoms with Crippen LogP contribution >= 0.6 is 0 Å². The number of fused-ring (bicyclic) bond motifs is 1. The lowest BCUT2D eigenvalue weighted by molar-refractivity contribution is -0.132. The summed E-state index contributed by atoms with van der Waals surface area (Å²) in [4.78, 5) is 27.9. The van der Waals surface area contributed by atoms with E-state index >= 15 is 0 Å². The molecule has 6 heteroatoms. The van der Waals surface area contributed by atoms with Crippen molar-refractivity contribution in [2.45, 2.75) is 51.7 Å². The van der Waals surface area contributed by atoms with Crippen LogP contribution in [0.3, 0.4) is 0 Å². The average molecular weight is 458 g/mol. The quantitative estimate of drug-likeness (QED) is 0.318. The lowest BCUT2D eigenvalue weighted by Crippen LogP contribution is -2.29. The standard InChI is InChI=1S/C28H27NO5/c1-16-14-18-15-17(7-12-21(18)34-16)25(30)23-24(22-6-5-13-33-22)29(27(32)26(23)31)20-10-8-19(9-11-20)28(2,3)4/h5-13,15-16,24,30H,14H2,1-4H3/b25-23-. The predicted octanol–water partition coefficient (Wildman–Crippen LogP) is 5.53. The fourth-order valence-corrected chi connectivity index (χ4v) is 4.66. The van der Waals surface area contributed by atoms with Crippen molar-refractivity contribution in [3.8, 4) is 5.75 Å². The minimum atomic E-state index is -0.876. The van der Waals surface area contributed by atoms with Crippen molar-refractivity contribution < 1.29 is 23.8 Å². The van der Waals surface area contributed by atoms with Gasteiger partial charge >= 0.3 is 0 Å². The number of hydrogen-bond acceptors (Lipinski definition) is 5. The second kappa shape index (κ2) is 7.90. The Hall–Kier alpha value is -3.80.